The second kappa shape index (κ2) is 5.00. The van der Waals surface area contributed by atoms with Gasteiger partial charge in [-0.25, -0.2) is 15.6 Å². The minimum absolute atomic E-state index is 0.291. The Balaban J connectivity index is 2.91. The molecule has 4 nitrogen and oxygen atoms in total. The molecule has 5 heteroatoms. The van der Waals surface area contributed by atoms with E-state index in [1.165, 1.54) is 0 Å². The maximum absolute atomic E-state index is 11.3. The van der Waals surface area contributed by atoms with Gasteiger partial charge in [0, 0.05) is 5.02 Å². The summed E-state index contributed by atoms with van der Waals surface area (Å²) >= 11 is 5.79. The van der Waals surface area contributed by atoms with Crippen LogP contribution in [-0.4, -0.2) is 12.7 Å². The molecule has 1 aromatic rings. The van der Waals surface area contributed by atoms with E-state index in [2.05, 4.69) is 0 Å². The number of nitrogens with zero attached hydrogens (tertiary/aromatic N) is 1. The normalized spacial score (nSPS) is 9.87. The van der Waals surface area contributed by atoms with Crippen LogP contribution < -0.4 is 10.9 Å². The van der Waals surface area contributed by atoms with Crippen molar-refractivity contribution >= 4 is 23.4 Å². The highest BCUT2D eigenvalue weighted by Crippen LogP contribution is 2.22. The number of hydrogen-bond donors (Lipinski definition) is 1. The summed E-state index contributed by atoms with van der Waals surface area (Å²) in [5.74, 6) is 5.59. The Bertz CT molecular complexity index is 368. The van der Waals surface area contributed by atoms with Gasteiger partial charge in [0.15, 0.2) is 0 Å². The molecule has 0 bridgehead atoms. The highest BCUT2D eigenvalue weighted by molar-refractivity contribution is 6.30. The Morgan fingerprint density at radius 2 is 2.27 bits per heavy atom. The molecule has 0 saturated heterocycles. The number of amides is 1. The first-order chi connectivity index (χ1) is 7.06. The molecule has 0 atom stereocenters. The molecule has 0 aliphatic heterocycles. The molecule has 0 saturated carbocycles. The minimum atomic E-state index is -0.581. The molecule has 15 heavy (non-hydrogen) atoms. The van der Waals surface area contributed by atoms with Gasteiger partial charge in [0.05, 0.1) is 12.3 Å². The number of nitrogens with two attached hydrogens (primary N) is 1. The van der Waals surface area contributed by atoms with E-state index >= 15 is 0 Å². The molecule has 0 radical (unpaired) electrons. The van der Waals surface area contributed by atoms with Crippen molar-refractivity contribution < 1.29 is 9.53 Å². The fourth-order valence-corrected chi connectivity index (χ4v) is 1.41. The lowest BCUT2D eigenvalue weighted by Crippen LogP contribution is -2.38. The maximum atomic E-state index is 11.3. The molecule has 82 valence electrons. The van der Waals surface area contributed by atoms with Crippen LogP contribution in [0.15, 0.2) is 18.2 Å². The van der Waals surface area contributed by atoms with E-state index < -0.39 is 6.09 Å². The number of halogens is 1. The molecule has 1 amide bonds. The smallest absolute Gasteiger partial charge is 0.428 e. The van der Waals surface area contributed by atoms with Gasteiger partial charge in [-0.2, -0.15) is 0 Å². The monoisotopic (exact) mass is 228 g/mol. The van der Waals surface area contributed by atoms with Crippen LogP contribution >= 0.6 is 11.6 Å². The zero-order valence-corrected chi connectivity index (χ0v) is 9.41. The van der Waals surface area contributed by atoms with Gasteiger partial charge in [-0.15, -0.1) is 0 Å². The lowest BCUT2D eigenvalue weighted by atomic mass is 10.2. The van der Waals surface area contributed by atoms with Crippen LogP contribution in [0.4, 0.5) is 10.5 Å². The summed E-state index contributed by atoms with van der Waals surface area (Å²) in [6, 6.07) is 5.08. The molecular formula is C10H13ClN2O2. The molecule has 1 aromatic carbocycles. The van der Waals surface area contributed by atoms with Crippen molar-refractivity contribution in [2.45, 2.75) is 13.8 Å². The largest absolute Gasteiger partial charge is 0.449 e. The van der Waals surface area contributed by atoms with E-state index in [4.69, 9.17) is 22.2 Å². The van der Waals surface area contributed by atoms with Crippen molar-refractivity contribution in [3.8, 4) is 0 Å². The molecule has 0 aliphatic rings. The lowest BCUT2D eigenvalue weighted by Gasteiger charge is -2.17. The third-order valence-corrected chi connectivity index (χ3v) is 2.12. The molecule has 0 unspecified atom stereocenters. The zero-order chi connectivity index (χ0) is 11.4. The molecule has 2 N–H and O–H groups in total. The first-order valence-corrected chi connectivity index (χ1v) is 4.91. The van der Waals surface area contributed by atoms with E-state index in [1.54, 1.807) is 25.1 Å². The number of carbonyl (C=O) groups is 1. The number of hydrogen-bond acceptors (Lipinski definition) is 3. The third kappa shape index (κ3) is 2.84. The van der Waals surface area contributed by atoms with Gasteiger partial charge in [-0.05, 0) is 37.6 Å². The molecule has 0 fully saturated rings. The van der Waals surface area contributed by atoms with Gasteiger partial charge in [-0.3, -0.25) is 0 Å². The average molecular weight is 229 g/mol. The molecule has 0 aliphatic carbocycles. The summed E-state index contributed by atoms with van der Waals surface area (Å²) < 4.78 is 4.77. The quantitative estimate of drug-likeness (QED) is 0.481. The molecule has 0 heterocycles. The average Bonchev–Trinajstić information content (AvgIpc) is 2.17. The summed E-state index contributed by atoms with van der Waals surface area (Å²) in [6.07, 6.45) is -0.581. The first-order valence-electron chi connectivity index (χ1n) is 4.54. The van der Waals surface area contributed by atoms with Gasteiger partial charge >= 0.3 is 6.09 Å². The summed E-state index contributed by atoms with van der Waals surface area (Å²) in [6.45, 7) is 3.83. The number of hydrazine groups is 1. The van der Waals surface area contributed by atoms with Gasteiger partial charge in [0.1, 0.15) is 0 Å². The highest BCUT2D eigenvalue weighted by Gasteiger charge is 2.14. The van der Waals surface area contributed by atoms with Crippen LogP contribution in [-0.2, 0) is 4.74 Å². The summed E-state index contributed by atoms with van der Waals surface area (Å²) in [5, 5.41) is 1.57. The number of carbonyl (C=O) groups excluding carboxylic acids is 1. The van der Waals surface area contributed by atoms with Crippen LogP contribution in [0.1, 0.15) is 12.5 Å². The van der Waals surface area contributed by atoms with Crippen LogP contribution in [0.5, 0.6) is 0 Å². The van der Waals surface area contributed by atoms with Crippen molar-refractivity contribution in [1.82, 2.24) is 0 Å². The standard InChI is InChI=1S/C10H13ClN2O2/c1-3-15-10(14)13(12)9-5-4-8(11)6-7(9)2/h4-6H,3,12H2,1-2H3. The van der Waals surface area contributed by atoms with Gasteiger partial charge in [0.2, 0.25) is 0 Å². The second-order valence-corrected chi connectivity index (χ2v) is 3.44. The maximum Gasteiger partial charge on any atom is 0.428 e. The van der Waals surface area contributed by atoms with Crippen molar-refractivity contribution in [3.63, 3.8) is 0 Å². The van der Waals surface area contributed by atoms with Gasteiger partial charge in [-0.1, -0.05) is 11.6 Å². The molecule has 1 rings (SSSR count). The lowest BCUT2D eigenvalue weighted by molar-refractivity contribution is 0.160. The number of ether oxygens (including phenoxy) is 1. The second-order valence-electron chi connectivity index (χ2n) is 3.00. The highest BCUT2D eigenvalue weighted by atomic mass is 35.5. The van der Waals surface area contributed by atoms with Crippen molar-refractivity contribution in [3.05, 3.63) is 28.8 Å². The third-order valence-electron chi connectivity index (χ3n) is 1.88. The van der Waals surface area contributed by atoms with E-state index in [9.17, 15) is 4.79 Å². The van der Waals surface area contributed by atoms with Gasteiger partial charge < -0.3 is 4.74 Å². The summed E-state index contributed by atoms with van der Waals surface area (Å²) in [5.41, 5.74) is 1.40. The van der Waals surface area contributed by atoms with E-state index in [-0.39, 0.29) is 0 Å². The van der Waals surface area contributed by atoms with Crippen LogP contribution in [0.3, 0.4) is 0 Å². The van der Waals surface area contributed by atoms with Crippen molar-refractivity contribution in [2.24, 2.45) is 5.84 Å². The fraction of sp³-hybridized carbons (Fsp3) is 0.300. The van der Waals surface area contributed by atoms with Crippen LogP contribution in [0.2, 0.25) is 5.02 Å². The van der Waals surface area contributed by atoms with Crippen LogP contribution in [0.25, 0.3) is 0 Å². The number of benzene rings is 1. The molecule has 0 aromatic heterocycles. The molecular weight excluding hydrogens is 216 g/mol. The van der Waals surface area contributed by atoms with E-state index in [0.717, 1.165) is 10.6 Å². The summed E-state index contributed by atoms with van der Waals surface area (Å²) in [4.78, 5) is 11.3. The predicted octanol–water partition coefficient (Wildman–Crippen LogP) is 2.49. The SMILES string of the molecule is CCOC(=O)N(N)c1ccc(Cl)cc1C. The zero-order valence-electron chi connectivity index (χ0n) is 8.66. The van der Waals surface area contributed by atoms with Crippen LogP contribution in [0, 0.1) is 6.92 Å². The van der Waals surface area contributed by atoms with E-state index in [0.29, 0.717) is 17.3 Å². The Kier molecular flexibility index (Phi) is 3.94. The Morgan fingerprint density at radius 3 is 2.80 bits per heavy atom. The van der Waals surface area contributed by atoms with Gasteiger partial charge in [0.25, 0.3) is 0 Å². The molecule has 0 spiro atoms. The first kappa shape index (κ1) is 11.8. The fourth-order valence-electron chi connectivity index (χ4n) is 1.18. The van der Waals surface area contributed by atoms with Crippen molar-refractivity contribution in [2.75, 3.05) is 11.6 Å². The number of aryl methyl sites for hydroxylation is 1. The predicted molar refractivity (Wildman–Crippen MR) is 59.9 cm³/mol. The summed E-state index contributed by atoms with van der Waals surface area (Å²) in [7, 11) is 0. The Hall–Kier alpha value is -1.26. The van der Waals surface area contributed by atoms with Crippen molar-refractivity contribution in [1.29, 1.82) is 0 Å². The Labute approximate surface area is 93.5 Å². The van der Waals surface area contributed by atoms with E-state index in [1.807, 2.05) is 6.92 Å². The topological polar surface area (TPSA) is 55.6 Å². The number of anilines is 1. The Morgan fingerprint density at radius 1 is 1.60 bits per heavy atom. The number of rotatable bonds is 2. The minimum Gasteiger partial charge on any atom is -0.449 e.